The fourth-order valence-corrected chi connectivity index (χ4v) is 4.83. The molecule has 0 bridgehead atoms. The van der Waals surface area contributed by atoms with Gasteiger partial charge in [-0.3, -0.25) is 14.5 Å². The monoisotopic (exact) mass is 530 g/mol. The van der Waals surface area contributed by atoms with Gasteiger partial charge in [0.15, 0.2) is 0 Å². The number of amides is 2. The summed E-state index contributed by atoms with van der Waals surface area (Å²) in [6.45, 7) is 6.94. The van der Waals surface area contributed by atoms with Crippen LogP contribution in [0.5, 0.6) is 5.75 Å². The van der Waals surface area contributed by atoms with E-state index in [0.717, 1.165) is 44.2 Å². The van der Waals surface area contributed by atoms with E-state index in [1.165, 1.54) is 0 Å². The zero-order chi connectivity index (χ0) is 27.4. The molecular formula is C29H34N6O4. The van der Waals surface area contributed by atoms with E-state index in [0.29, 0.717) is 47.2 Å². The van der Waals surface area contributed by atoms with Crippen LogP contribution in [0.1, 0.15) is 27.6 Å². The normalized spacial score (nSPS) is 15.3. The fourth-order valence-electron chi connectivity index (χ4n) is 4.83. The Hall–Kier alpha value is -4.15. The summed E-state index contributed by atoms with van der Waals surface area (Å²) in [5.74, 6) is 0.911. The molecule has 0 spiro atoms. The van der Waals surface area contributed by atoms with Crippen molar-refractivity contribution in [2.75, 3.05) is 75.2 Å². The number of hydrogen-bond acceptors (Lipinski definition) is 8. The second-order valence-electron chi connectivity index (χ2n) is 9.48. The number of para-hydroxylation sites is 1. The van der Waals surface area contributed by atoms with Gasteiger partial charge in [-0.2, -0.15) is 0 Å². The van der Waals surface area contributed by atoms with Gasteiger partial charge < -0.3 is 29.9 Å². The van der Waals surface area contributed by atoms with Crippen molar-refractivity contribution in [3.63, 3.8) is 0 Å². The van der Waals surface area contributed by atoms with Gasteiger partial charge in [0.1, 0.15) is 11.6 Å². The lowest BCUT2D eigenvalue weighted by atomic mass is 10.1. The first-order valence-corrected chi connectivity index (χ1v) is 13.2. The molecule has 0 unspecified atom stereocenters. The Morgan fingerprint density at radius 2 is 1.82 bits per heavy atom. The van der Waals surface area contributed by atoms with E-state index in [4.69, 9.17) is 9.47 Å². The molecule has 0 atom stereocenters. The van der Waals surface area contributed by atoms with Gasteiger partial charge >= 0.3 is 0 Å². The van der Waals surface area contributed by atoms with Gasteiger partial charge in [0.05, 0.1) is 54.3 Å². The second kappa shape index (κ2) is 11.7. The topological polar surface area (TPSA) is 99.3 Å². The first-order valence-electron chi connectivity index (χ1n) is 13.2. The minimum atomic E-state index is -0.146. The largest absolute Gasteiger partial charge is 0.492 e. The van der Waals surface area contributed by atoms with E-state index in [2.05, 4.69) is 20.5 Å². The average molecular weight is 531 g/mol. The summed E-state index contributed by atoms with van der Waals surface area (Å²) in [5.41, 5.74) is 4.21. The molecule has 1 saturated heterocycles. The predicted octanol–water partition coefficient (Wildman–Crippen LogP) is 3.64. The third-order valence-electron chi connectivity index (χ3n) is 7.01. The maximum Gasteiger partial charge on any atom is 0.260 e. The molecular weight excluding hydrogens is 496 g/mol. The summed E-state index contributed by atoms with van der Waals surface area (Å²) in [6, 6.07) is 14.8. The highest BCUT2D eigenvalue weighted by Crippen LogP contribution is 2.40. The molecule has 5 rings (SSSR count). The molecule has 1 aromatic heterocycles. The number of hydrogen-bond donors (Lipinski definition) is 2. The summed E-state index contributed by atoms with van der Waals surface area (Å²) in [5, 5.41) is 6.33. The predicted molar refractivity (Wildman–Crippen MR) is 152 cm³/mol. The van der Waals surface area contributed by atoms with E-state index < -0.39 is 0 Å². The molecule has 2 aliphatic rings. The van der Waals surface area contributed by atoms with Crippen molar-refractivity contribution in [1.29, 1.82) is 0 Å². The van der Waals surface area contributed by atoms with Crippen molar-refractivity contribution >= 4 is 40.4 Å². The number of nitrogens with zero attached hydrogens (tertiary/aromatic N) is 4. The number of aromatic nitrogens is 1. The highest BCUT2D eigenvalue weighted by molar-refractivity contribution is 6.13. The zero-order valence-electron chi connectivity index (χ0n) is 22.6. The van der Waals surface area contributed by atoms with Crippen LogP contribution in [0.4, 0.5) is 28.6 Å². The molecule has 2 amide bonds. The minimum Gasteiger partial charge on any atom is -0.492 e. The number of fused-ring (bicyclic) bond motifs is 2. The maximum atomic E-state index is 13.1. The Morgan fingerprint density at radius 3 is 2.62 bits per heavy atom. The lowest BCUT2D eigenvalue weighted by Gasteiger charge is -2.26. The third kappa shape index (κ3) is 5.67. The molecule has 0 saturated carbocycles. The number of carbonyl (C=O) groups excluding carboxylic acids is 2. The van der Waals surface area contributed by atoms with E-state index in [1.54, 1.807) is 30.3 Å². The molecule has 2 aliphatic heterocycles. The van der Waals surface area contributed by atoms with Crippen molar-refractivity contribution in [3.05, 3.63) is 65.9 Å². The zero-order valence-corrected chi connectivity index (χ0v) is 22.6. The van der Waals surface area contributed by atoms with Crippen LogP contribution in [0.15, 0.2) is 54.7 Å². The molecule has 204 valence electrons. The highest BCUT2D eigenvalue weighted by Gasteiger charge is 2.27. The van der Waals surface area contributed by atoms with Crippen LogP contribution < -0.4 is 25.2 Å². The number of benzene rings is 2. The van der Waals surface area contributed by atoms with Crippen LogP contribution in [0.2, 0.25) is 0 Å². The van der Waals surface area contributed by atoms with Crippen LogP contribution in [-0.4, -0.2) is 81.8 Å². The fraction of sp³-hybridized carbons (Fsp3) is 0.345. The Labute approximate surface area is 228 Å². The Morgan fingerprint density at radius 1 is 1.03 bits per heavy atom. The first-order chi connectivity index (χ1) is 19.0. The van der Waals surface area contributed by atoms with E-state index in [-0.39, 0.29) is 11.8 Å². The van der Waals surface area contributed by atoms with Crippen LogP contribution in [-0.2, 0) is 4.74 Å². The van der Waals surface area contributed by atoms with E-state index in [9.17, 15) is 9.59 Å². The minimum absolute atomic E-state index is 0.0869. The Bertz CT molecular complexity index is 1360. The van der Waals surface area contributed by atoms with Gasteiger partial charge in [-0.05, 0) is 37.3 Å². The molecule has 10 nitrogen and oxygen atoms in total. The van der Waals surface area contributed by atoms with Crippen molar-refractivity contribution in [2.45, 2.75) is 6.92 Å². The van der Waals surface area contributed by atoms with Gasteiger partial charge in [0.25, 0.3) is 11.8 Å². The number of pyridine rings is 1. The first kappa shape index (κ1) is 26.5. The van der Waals surface area contributed by atoms with Crippen molar-refractivity contribution in [1.82, 2.24) is 15.2 Å². The van der Waals surface area contributed by atoms with Gasteiger partial charge in [-0.1, -0.05) is 12.1 Å². The van der Waals surface area contributed by atoms with Crippen molar-refractivity contribution in [3.8, 4) is 5.75 Å². The molecule has 2 N–H and O–H groups in total. The van der Waals surface area contributed by atoms with Crippen molar-refractivity contribution < 1.29 is 19.1 Å². The summed E-state index contributed by atoms with van der Waals surface area (Å²) in [7, 11) is 3.69. The molecule has 0 radical (unpaired) electrons. The Kier molecular flexibility index (Phi) is 7.94. The third-order valence-corrected chi connectivity index (χ3v) is 7.01. The molecule has 2 aromatic carbocycles. The van der Waals surface area contributed by atoms with Crippen LogP contribution in [0.3, 0.4) is 0 Å². The number of ether oxygens (including phenoxy) is 2. The smallest absolute Gasteiger partial charge is 0.260 e. The second-order valence-corrected chi connectivity index (χ2v) is 9.48. The average Bonchev–Trinajstić information content (AvgIpc) is 3.04. The van der Waals surface area contributed by atoms with Crippen LogP contribution >= 0.6 is 0 Å². The highest BCUT2D eigenvalue weighted by atomic mass is 16.5. The van der Waals surface area contributed by atoms with E-state index >= 15 is 0 Å². The number of carbonyl (C=O) groups is 2. The summed E-state index contributed by atoms with van der Waals surface area (Å²) in [4.78, 5) is 36.4. The molecule has 0 aliphatic carbocycles. The molecule has 1 fully saturated rings. The SMILES string of the molecule is CCOc1cc(C(=O)NCCN2CCOCC2)ccc1Nc1cc2c(cn1)N(C)C(=O)c1ccccc1N2C. The molecule has 10 heteroatoms. The lowest BCUT2D eigenvalue weighted by Crippen LogP contribution is -2.41. The molecule has 39 heavy (non-hydrogen) atoms. The molecule has 3 aromatic rings. The summed E-state index contributed by atoms with van der Waals surface area (Å²) >= 11 is 0. The van der Waals surface area contributed by atoms with Gasteiger partial charge in [-0.25, -0.2) is 4.98 Å². The number of nitrogens with one attached hydrogen (secondary N) is 2. The van der Waals surface area contributed by atoms with E-state index in [1.807, 2.05) is 55.3 Å². The van der Waals surface area contributed by atoms with Crippen molar-refractivity contribution in [2.24, 2.45) is 0 Å². The van der Waals surface area contributed by atoms with Crippen LogP contribution in [0, 0.1) is 0 Å². The summed E-state index contributed by atoms with van der Waals surface area (Å²) in [6.07, 6.45) is 1.69. The quantitative estimate of drug-likeness (QED) is 0.456. The Balaban J connectivity index is 1.34. The number of anilines is 5. The number of rotatable bonds is 8. The summed E-state index contributed by atoms with van der Waals surface area (Å²) < 4.78 is 11.3. The standard InChI is InChI=1S/C29H34N6O4/c1-4-39-26-17-20(28(36)30-11-12-35-13-15-38-16-14-35)9-10-22(26)32-27-18-24-25(19-31-27)34(3)29(37)21-7-5-6-8-23(21)33(24)2/h5-10,17-19H,4,11-16H2,1-3H3,(H,30,36)(H,31,32). The van der Waals surface area contributed by atoms with Crippen LogP contribution in [0.25, 0.3) is 0 Å². The maximum absolute atomic E-state index is 13.1. The number of morpholine rings is 1. The van der Waals surface area contributed by atoms with Gasteiger partial charge in [0.2, 0.25) is 0 Å². The van der Waals surface area contributed by atoms with Gasteiger partial charge in [0, 0.05) is 51.9 Å². The van der Waals surface area contributed by atoms with Gasteiger partial charge in [-0.15, -0.1) is 0 Å². The molecule has 3 heterocycles. The lowest BCUT2D eigenvalue weighted by molar-refractivity contribution is 0.0383.